The number of benzene rings is 1. The number of esters is 1. The summed E-state index contributed by atoms with van der Waals surface area (Å²) >= 11 is 1.36. The van der Waals surface area contributed by atoms with Crippen molar-refractivity contribution in [3.63, 3.8) is 0 Å². The average molecular weight is 385 g/mol. The highest BCUT2D eigenvalue weighted by Gasteiger charge is 2.12. The number of morpholine rings is 1. The quantitative estimate of drug-likeness (QED) is 0.625. The summed E-state index contributed by atoms with van der Waals surface area (Å²) in [6.07, 6.45) is 1.67. The number of aromatic nitrogens is 2. The first-order valence-corrected chi connectivity index (χ1v) is 9.59. The van der Waals surface area contributed by atoms with Crippen LogP contribution in [0.3, 0.4) is 0 Å². The van der Waals surface area contributed by atoms with Crippen molar-refractivity contribution >= 4 is 22.3 Å². The van der Waals surface area contributed by atoms with Gasteiger partial charge in [0, 0.05) is 37.3 Å². The Kier molecular flexibility index (Phi) is 5.28. The number of rotatable bonds is 5. The van der Waals surface area contributed by atoms with Crippen LogP contribution >= 0.6 is 11.3 Å². The van der Waals surface area contributed by atoms with Gasteiger partial charge in [0.05, 0.1) is 24.5 Å². The Labute approximate surface area is 159 Å². The molecule has 1 saturated heterocycles. The number of fused-ring (bicyclic) bond motifs is 1. The van der Waals surface area contributed by atoms with Gasteiger partial charge in [-0.3, -0.25) is 14.1 Å². The number of carbonyl (C=O) groups excluding carboxylic acids is 1. The molecule has 0 atom stereocenters. The molecule has 0 N–H and O–H groups in total. The molecule has 0 spiro atoms. The molecule has 0 aliphatic carbocycles. The molecule has 1 fully saturated rings. The van der Waals surface area contributed by atoms with Crippen molar-refractivity contribution in [2.75, 3.05) is 26.3 Å². The molecule has 0 bridgehead atoms. The van der Waals surface area contributed by atoms with E-state index in [0.717, 1.165) is 38.4 Å². The van der Waals surface area contributed by atoms with Crippen molar-refractivity contribution < 1.29 is 14.3 Å². The van der Waals surface area contributed by atoms with Crippen LogP contribution < -0.4 is 5.56 Å². The van der Waals surface area contributed by atoms with Crippen molar-refractivity contribution in [2.24, 2.45) is 0 Å². The van der Waals surface area contributed by atoms with E-state index in [1.807, 2.05) is 12.1 Å². The Hall–Kier alpha value is -2.55. The fourth-order valence-electron chi connectivity index (χ4n) is 2.95. The fraction of sp³-hybridized carbons (Fsp3) is 0.316. The van der Waals surface area contributed by atoms with Crippen LogP contribution in [0, 0.1) is 0 Å². The molecule has 2 aromatic heterocycles. The van der Waals surface area contributed by atoms with E-state index in [-0.39, 0.29) is 12.2 Å². The molecule has 1 aliphatic rings. The third-order valence-electron chi connectivity index (χ3n) is 4.41. The van der Waals surface area contributed by atoms with Gasteiger partial charge in [-0.15, -0.1) is 11.3 Å². The number of nitrogens with zero attached hydrogens (tertiary/aromatic N) is 3. The highest BCUT2D eigenvalue weighted by atomic mass is 32.1. The van der Waals surface area contributed by atoms with Gasteiger partial charge in [0.1, 0.15) is 6.61 Å². The molecule has 1 aliphatic heterocycles. The summed E-state index contributed by atoms with van der Waals surface area (Å²) in [5.74, 6) is -0.430. The topological polar surface area (TPSA) is 73.1 Å². The molecule has 4 rings (SSSR count). The number of hydrogen-bond donors (Lipinski definition) is 0. The molecule has 8 heteroatoms. The molecule has 27 heavy (non-hydrogen) atoms. The van der Waals surface area contributed by atoms with Crippen LogP contribution in [0.5, 0.6) is 0 Å². The fourth-order valence-corrected chi connectivity index (χ4v) is 3.69. The van der Waals surface area contributed by atoms with Gasteiger partial charge in [-0.1, -0.05) is 12.1 Å². The summed E-state index contributed by atoms with van der Waals surface area (Å²) in [4.78, 5) is 31.4. The van der Waals surface area contributed by atoms with E-state index in [1.165, 1.54) is 21.8 Å². The SMILES string of the molecule is O=C(OCc1cc(=O)n2ccsc2n1)c1ccc(CN2CCOCC2)cc1. The molecule has 0 amide bonds. The molecule has 0 saturated carbocycles. The third-order valence-corrected chi connectivity index (χ3v) is 5.16. The lowest BCUT2D eigenvalue weighted by molar-refractivity contribution is 0.0342. The Morgan fingerprint density at radius 2 is 2.00 bits per heavy atom. The minimum atomic E-state index is -0.430. The lowest BCUT2D eigenvalue weighted by atomic mass is 10.1. The summed E-state index contributed by atoms with van der Waals surface area (Å²) in [5, 5.41) is 1.79. The molecule has 1 aromatic carbocycles. The third kappa shape index (κ3) is 4.24. The molecule has 3 heterocycles. The van der Waals surface area contributed by atoms with Gasteiger partial charge in [0.2, 0.25) is 0 Å². The summed E-state index contributed by atoms with van der Waals surface area (Å²) in [5.41, 5.74) is 1.89. The highest BCUT2D eigenvalue weighted by Crippen LogP contribution is 2.12. The number of carbonyl (C=O) groups is 1. The highest BCUT2D eigenvalue weighted by molar-refractivity contribution is 7.15. The summed E-state index contributed by atoms with van der Waals surface area (Å²) in [7, 11) is 0. The van der Waals surface area contributed by atoms with E-state index in [9.17, 15) is 9.59 Å². The standard InChI is InChI=1S/C19H19N3O4S/c23-17-11-16(20-19-22(17)7-10-27-19)13-26-18(24)15-3-1-14(2-4-15)12-21-5-8-25-9-6-21/h1-4,7,10-11H,5-6,8-9,12-13H2. The van der Waals surface area contributed by atoms with Crippen LogP contribution in [-0.4, -0.2) is 46.6 Å². The summed E-state index contributed by atoms with van der Waals surface area (Å²) < 4.78 is 12.1. The Morgan fingerprint density at radius 3 is 2.78 bits per heavy atom. The number of ether oxygens (including phenoxy) is 2. The minimum absolute atomic E-state index is 0.0298. The van der Waals surface area contributed by atoms with Gasteiger partial charge in [0.15, 0.2) is 4.96 Å². The lowest BCUT2D eigenvalue weighted by Crippen LogP contribution is -2.35. The van der Waals surface area contributed by atoms with Crippen molar-refractivity contribution in [1.29, 1.82) is 0 Å². The molecule has 3 aromatic rings. The maximum atomic E-state index is 12.3. The largest absolute Gasteiger partial charge is 0.456 e. The molecular weight excluding hydrogens is 366 g/mol. The van der Waals surface area contributed by atoms with E-state index in [4.69, 9.17) is 9.47 Å². The Balaban J connectivity index is 1.36. The maximum Gasteiger partial charge on any atom is 0.338 e. The molecule has 0 unspecified atom stereocenters. The average Bonchev–Trinajstić information content (AvgIpc) is 3.17. The van der Waals surface area contributed by atoms with Crippen molar-refractivity contribution in [3.8, 4) is 0 Å². The zero-order valence-electron chi connectivity index (χ0n) is 14.7. The van der Waals surface area contributed by atoms with E-state index in [1.54, 1.807) is 23.7 Å². The van der Waals surface area contributed by atoms with Gasteiger partial charge in [0.25, 0.3) is 5.56 Å². The number of thiazole rings is 1. The van der Waals surface area contributed by atoms with E-state index < -0.39 is 5.97 Å². The van der Waals surface area contributed by atoms with Crippen LogP contribution in [0.1, 0.15) is 21.6 Å². The van der Waals surface area contributed by atoms with E-state index >= 15 is 0 Å². The minimum Gasteiger partial charge on any atom is -0.456 e. The molecule has 7 nitrogen and oxygen atoms in total. The molecule has 0 radical (unpaired) electrons. The lowest BCUT2D eigenvalue weighted by Gasteiger charge is -2.26. The van der Waals surface area contributed by atoms with Crippen LogP contribution in [0.2, 0.25) is 0 Å². The predicted octanol–water partition coefficient (Wildman–Crippen LogP) is 1.95. The first kappa shape index (κ1) is 17.8. The monoisotopic (exact) mass is 385 g/mol. The zero-order valence-corrected chi connectivity index (χ0v) is 15.5. The second-order valence-corrected chi connectivity index (χ2v) is 7.18. The molecular formula is C19H19N3O4S. The Bertz CT molecular complexity index is 990. The van der Waals surface area contributed by atoms with Crippen LogP contribution in [0.25, 0.3) is 4.96 Å². The van der Waals surface area contributed by atoms with Crippen LogP contribution in [0.4, 0.5) is 0 Å². The van der Waals surface area contributed by atoms with Gasteiger partial charge < -0.3 is 9.47 Å². The smallest absolute Gasteiger partial charge is 0.338 e. The van der Waals surface area contributed by atoms with Gasteiger partial charge in [-0.25, -0.2) is 9.78 Å². The van der Waals surface area contributed by atoms with Crippen LogP contribution in [-0.2, 0) is 22.6 Å². The normalized spacial score (nSPS) is 15.1. The summed E-state index contributed by atoms with van der Waals surface area (Å²) in [6.45, 7) is 4.18. The molecule has 140 valence electrons. The Morgan fingerprint density at radius 1 is 1.22 bits per heavy atom. The predicted molar refractivity (Wildman–Crippen MR) is 101 cm³/mol. The van der Waals surface area contributed by atoms with Crippen molar-refractivity contribution in [3.05, 3.63) is 69.1 Å². The zero-order chi connectivity index (χ0) is 18.6. The first-order valence-electron chi connectivity index (χ1n) is 8.71. The van der Waals surface area contributed by atoms with Crippen molar-refractivity contribution in [1.82, 2.24) is 14.3 Å². The van der Waals surface area contributed by atoms with E-state index in [2.05, 4.69) is 9.88 Å². The first-order chi connectivity index (χ1) is 13.2. The maximum absolute atomic E-state index is 12.3. The second kappa shape index (κ2) is 7.99. The van der Waals surface area contributed by atoms with Crippen LogP contribution in [0.15, 0.2) is 46.7 Å². The van der Waals surface area contributed by atoms with Crippen molar-refractivity contribution in [2.45, 2.75) is 13.2 Å². The van der Waals surface area contributed by atoms with Gasteiger partial charge in [-0.2, -0.15) is 0 Å². The number of hydrogen-bond acceptors (Lipinski definition) is 7. The second-order valence-electron chi connectivity index (χ2n) is 6.30. The van der Waals surface area contributed by atoms with Gasteiger partial charge >= 0.3 is 5.97 Å². The summed E-state index contributed by atoms with van der Waals surface area (Å²) in [6, 6.07) is 8.80. The van der Waals surface area contributed by atoms with E-state index in [0.29, 0.717) is 16.2 Å². The van der Waals surface area contributed by atoms with Gasteiger partial charge in [-0.05, 0) is 17.7 Å².